The van der Waals surface area contributed by atoms with Crippen molar-refractivity contribution in [3.63, 3.8) is 0 Å². The summed E-state index contributed by atoms with van der Waals surface area (Å²) in [5.41, 5.74) is 9.07. The van der Waals surface area contributed by atoms with Gasteiger partial charge in [0.15, 0.2) is 5.78 Å². The van der Waals surface area contributed by atoms with Gasteiger partial charge in [0, 0.05) is 73.2 Å². The van der Waals surface area contributed by atoms with E-state index in [0.717, 1.165) is 93.2 Å². The second-order valence-corrected chi connectivity index (χ2v) is 23.8. The molecule has 348 valence electrons. The Morgan fingerprint density at radius 2 is 1.69 bits per heavy atom. The van der Waals surface area contributed by atoms with Gasteiger partial charge in [-0.15, -0.1) is 0 Å². The molecule has 6 fully saturated rings. The number of nitrogens with one attached hydrogen (secondary N) is 1. The SMILES string of the molecule is CCc1c(Cc2cc(C)cc(C3CCOCC3)c2)c2[nH]ccc2n1C[C@H]1C2=C([C@H](C)C[C@@H](O)[C@H]3OC3(C)C)C(=O)C[C@]2(C)[C@@]2(C)CC[C@@H]3[C@@](C)(CCC(=O)[C@@]3(C)C3CCCC3)[C@H]2[C@@H]1O. The first-order valence-electron chi connectivity index (χ1n) is 25.6. The third kappa shape index (κ3) is 6.62. The Bertz CT molecular complexity index is 2360. The van der Waals surface area contributed by atoms with Gasteiger partial charge in [-0.1, -0.05) is 78.1 Å². The van der Waals surface area contributed by atoms with Crippen LogP contribution >= 0.6 is 0 Å². The number of aromatic nitrogens is 2. The van der Waals surface area contributed by atoms with Gasteiger partial charge in [-0.3, -0.25) is 9.59 Å². The van der Waals surface area contributed by atoms with Gasteiger partial charge in [0.05, 0.1) is 28.8 Å². The predicted molar refractivity (Wildman–Crippen MR) is 252 cm³/mol. The average molecular weight is 875 g/mol. The van der Waals surface area contributed by atoms with Crippen molar-refractivity contribution in [2.45, 2.75) is 189 Å². The maximum atomic E-state index is 15.0. The molecule has 4 heterocycles. The number of aliphatic hydroxyl groups is 2. The second-order valence-electron chi connectivity index (χ2n) is 23.8. The number of rotatable bonds is 11. The van der Waals surface area contributed by atoms with Crippen LogP contribution in [0.5, 0.6) is 0 Å². The number of hydrogen-bond acceptors (Lipinski definition) is 6. The minimum absolute atomic E-state index is 0.0854. The molecule has 64 heavy (non-hydrogen) atoms. The monoisotopic (exact) mass is 875 g/mol. The molecular weight excluding hydrogens is 797 g/mol. The van der Waals surface area contributed by atoms with Gasteiger partial charge in [-0.2, -0.15) is 0 Å². The number of Topliss-reactive ketones (excluding diaryl/α,β-unsaturated/α-hetero) is 2. The van der Waals surface area contributed by atoms with E-state index in [-0.39, 0.29) is 57.4 Å². The average Bonchev–Trinajstić information content (AvgIpc) is 3.81. The van der Waals surface area contributed by atoms with Crippen molar-refractivity contribution in [2.75, 3.05) is 13.2 Å². The minimum Gasteiger partial charge on any atom is -0.392 e. The van der Waals surface area contributed by atoms with E-state index >= 15 is 4.79 Å². The second kappa shape index (κ2) is 15.8. The maximum absolute atomic E-state index is 15.0. The fraction of sp³-hybridized carbons (Fsp3) is 0.714. The number of aromatic amines is 1. The molecule has 2 aromatic heterocycles. The van der Waals surface area contributed by atoms with Crippen LogP contribution in [0.1, 0.15) is 166 Å². The zero-order valence-corrected chi connectivity index (χ0v) is 40.6. The number of hydrogen-bond donors (Lipinski definition) is 3. The van der Waals surface area contributed by atoms with E-state index in [9.17, 15) is 15.0 Å². The van der Waals surface area contributed by atoms with Crippen LogP contribution in [0.4, 0.5) is 0 Å². The number of aliphatic hydroxyl groups excluding tert-OH is 2. The molecule has 0 radical (unpaired) electrons. The van der Waals surface area contributed by atoms with Gasteiger partial charge in [-0.05, 0) is 147 Å². The van der Waals surface area contributed by atoms with Crippen molar-refractivity contribution in [1.29, 1.82) is 0 Å². The summed E-state index contributed by atoms with van der Waals surface area (Å²) in [4.78, 5) is 33.1. The summed E-state index contributed by atoms with van der Waals surface area (Å²) < 4.78 is 14.2. The van der Waals surface area contributed by atoms with E-state index in [1.807, 2.05) is 13.8 Å². The Balaban J connectivity index is 1.10. The molecule has 4 saturated carbocycles. The van der Waals surface area contributed by atoms with Crippen LogP contribution in [0.15, 0.2) is 41.6 Å². The predicted octanol–water partition coefficient (Wildman–Crippen LogP) is 10.8. The van der Waals surface area contributed by atoms with E-state index in [2.05, 4.69) is 88.5 Å². The Morgan fingerprint density at radius 1 is 0.969 bits per heavy atom. The molecule has 5 aliphatic carbocycles. The van der Waals surface area contributed by atoms with Crippen molar-refractivity contribution in [3.8, 4) is 0 Å². The molecule has 0 bridgehead atoms. The zero-order chi connectivity index (χ0) is 45.3. The van der Waals surface area contributed by atoms with Crippen molar-refractivity contribution >= 4 is 22.6 Å². The molecule has 10 rings (SSSR count). The summed E-state index contributed by atoms with van der Waals surface area (Å²) in [6.07, 6.45) is 12.9. The lowest BCUT2D eigenvalue weighted by Crippen LogP contribution is -2.68. The first-order chi connectivity index (χ1) is 30.4. The van der Waals surface area contributed by atoms with E-state index < -0.39 is 17.6 Å². The number of ether oxygens (including phenoxy) is 2. The summed E-state index contributed by atoms with van der Waals surface area (Å²) in [5.74, 6) is 1.16. The number of carbonyl (C=O) groups is 2. The quantitative estimate of drug-likeness (QED) is 0.165. The lowest BCUT2D eigenvalue weighted by molar-refractivity contribution is -0.226. The number of nitrogens with zero attached hydrogens (tertiary/aromatic N) is 1. The topological polar surface area (TPSA) is 117 Å². The third-order valence-corrected chi connectivity index (χ3v) is 20.1. The molecule has 0 unspecified atom stereocenters. The smallest absolute Gasteiger partial charge is 0.160 e. The highest BCUT2D eigenvalue weighted by molar-refractivity contribution is 6.01. The Morgan fingerprint density at radius 3 is 2.38 bits per heavy atom. The van der Waals surface area contributed by atoms with Gasteiger partial charge in [0.25, 0.3) is 0 Å². The molecule has 11 atom stereocenters. The fourth-order valence-electron chi connectivity index (χ4n) is 16.9. The molecule has 8 nitrogen and oxygen atoms in total. The number of H-pyrrole nitrogens is 1. The Labute approximate surface area is 382 Å². The largest absolute Gasteiger partial charge is 0.392 e. The number of carbonyl (C=O) groups excluding carboxylic acids is 2. The molecule has 1 aromatic carbocycles. The molecule has 8 heteroatoms. The summed E-state index contributed by atoms with van der Waals surface area (Å²) in [5, 5.41) is 25.3. The van der Waals surface area contributed by atoms with E-state index in [1.165, 1.54) is 40.8 Å². The highest BCUT2D eigenvalue weighted by atomic mass is 16.6. The molecule has 2 saturated heterocycles. The van der Waals surface area contributed by atoms with Crippen LogP contribution in [0.25, 0.3) is 11.0 Å². The molecule has 7 aliphatic rings. The van der Waals surface area contributed by atoms with Crippen LogP contribution in [0.2, 0.25) is 0 Å². The van der Waals surface area contributed by atoms with Crippen LogP contribution in [0, 0.1) is 58.2 Å². The van der Waals surface area contributed by atoms with Crippen molar-refractivity contribution in [1.82, 2.24) is 9.55 Å². The molecule has 3 N–H and O–H groups in total. The molecule has 0 spiro atoms. The lowest BCUT2D eigenvalue weighted by atomic mass is 9.34. The first kappa shape index (κ1) is 44.8. The van der Waals surface area contributed by atoms with Gasteiger partial charge in [0.2, 0.25) is 0 Å². The van der Waals surface area contributed by atoms with E-state index in [4.69, 9.17) is 9.47 Å². The van der Waals surface area contributed by atoms with Crippen molar-refractivity contribution < 1.29 is 29.3 Å². The number of allylic oxidation sites excluding steroid dienone is 1. The maximum Gasteiger partial charge on any atom is 0.160 e. The highest BCUT2D eigenvalue weighted by Crippen LogP contribution is 2.76. The minimum atomic E-state index is -0.714. The Hall–Kier alpha value is -3.04. The van der Waals surface area contributed by atoms with Crippen LogP contribution in [0.3, 0.4) is 0 Å². The summed E-state index contributed by atoms with van der Waals surface area (Å²) in [6, 6.07) is 9.37. The first-order valence-corrected chi connectivity index (χ1v) is 25.6. The summed E-state index contributed by atoms with van der Waals surface area (Å²) >= 11 is 0. The molecule has 2 aliphatic heterocycles. The number of ketones is 2. The van der Waals surface area contributed by atoms with E-state index in [0.29, 0.717) is 43.4 Å². The summed E-state index contributed by atoms with van der Waals surface area (Å²) in [6.45, 7) is 22.5. The van der Waals surface area contributed by atoms with Gasteiger partial charge in [-0.25, -0.2) is 0 Å². The van der Waals surface area contributed by atoms with Gasteiger partial charge >= 0.3 is 0 Å². The van der Waals surface area contributed by atoms with Gasteiger partial charge in [0.1, 0.15) is 11.9 Å². The van der Waals surface area contributed by atoms with Crippen LogP contribution < -0.4 is 0 Å². The lowest BCUT2D eigenvalue weighted by Gasteiger charge is -2.70. The number of benzene rings is 1. The molecule has 0 amide bonds. The summed E-state index contributed by atoms with van der Waals surface area (Å²) in [7, 11) is 0. The van der Waals surface area contributed by atoms with Crippen LogP contribution in [-0.4, -0.2) is 68.5 Å². The van der Waals surface area contributed by atoms with E-state index in [1.54, 1.807) is 0 Å². The van der Waals surface area contributed by atoms with Gasteiger partial charge < -0.3 is 29.2 Å². The van der Waals surface area contributed by atoms with Crippen LogP contribution in [-0.2, 0) is 38.4 Å². The zero-order valence-electron chi connectivity index (χ0n) is 40.6. The van der Waals surface area contributed by atoms with Crippen molar-refractivity contribution in [2.24, 2.45) is 51.2 Å². The highest BCUT2D eigenvalue weighted by Gasteiger charge is 2.73. The molecular formula is C56H78N2O6. The normalized spacial score (nSPS) is 37.5. The third-order valence-electron chi connectivity index (χ3n) is 20.1. The number of epoxide rings is 1. The number of fused-ring (bicyclic) bond motifs is 6. The Kier molecular flexibility index (Phi) is 11.0. The standard InChI is InChI=1S/C56H78N2O6/c1-10-40-38(29-34-25-32(2)26-36(28-34)35-18-23-63-24-19-35)48-41(17-22-57-48)58(40)31-39-47-46(33(3)27-42(59)51-52(4,5)64-51)43(60)30-55(47,8)54(7)21-15-44-53(6,50(54)49(39)62)20-16-45(61)56(44,9)37-13-11-12-14-37/h17,22,25-26,28,33,35,37,39,42,44,49-51,57,59,62H,10-16,18-21,23-24,27,29-31H2,1-9H3/t33-,39+,42-,44-,49-,50-,51-,53-,54+,55+,56+/m1/s1. The molecule has 3 aromatic rings. The number of aryl methyl sites for hydroxylation is 1. The fourth-order valence-corrected chi connectivity index (χ4v) is 16.9. The van der Waals surface area contributed by atoms with Crippen molar-refractivity contribution in [3.05, 3.63) is 69.6 Å².